The first-order chi connectivity index (χ1) is 14.7. The predicted molar refractivity (Wildman–Crippen MR) is 119 cm³/mol. The lowest BCUT2D eigenvalue weighted by molar-refractivity contribution is -0.384. The number of nitro benzene ring substituents is 1. The van der Waals surface area contributed by atoms with E-state index < -0.39 is 4.92 Å². The summed E-state index contributed by atoms with van der Waals surface area (Å²) < 4.78 is 8.21. The summed E-state index contributed by atoms with van der Waals surface area (Å²) in [5.41, 5.74) is -0.846. The van der Waals surface area contributed by atoms with Crippen molar-refractivity contribution < 1.29 is 9.66 Å². The lowest BCUT2D eigenvalue weighted by Crippen LogP contribution is -2.49. The Morgan fingerprint density at radius 3 is 2.23 bits per heavy atom. The number of benzene rings is 1. The first kappa shape index (κ1) is 23.1. The first-order valence-electron chi connectivity index (χ1n) is 9.69. The molecule has 31 heavy (non-hydrogen) atoms. The molecule has 0 amide bonds. The Morgan fingerprint density at radius 2 is 1.65 bits per heavy atom. The Kier molecular flexibility index (Phi) is 7.24. The summed E-state index contributed by atoms with van der Waals surface area (Å²) in [7, 11) is 3.13. The van der Waals surface area contributed by atoms with Gasteiger partial charge in [0.25, 0.3) is 11.2 Å². The van der Waals surface area contributed by atoms with E-state index in [0.29, 0.717) is 31.9 Å². The van der Waals surface area contributed by atoms with E-state index in [1.807, 2.05) is 4.90 Å². The van der Waals surface area contributed by atoms with E-state index >= 15 is 0 Å². The molecule has 2 heterocycles. The molecule has 10 nitrogen and oxygen atoms in total. The van der Waals surface area contributed by atoms with Crippen LogP contribution in [0, 0.1) is 10.1 Å². The van der Waals surface area contributed by atoms with Crippen molar-refractivity contribution in [3.8, 4) is 5.75 Å². The van der Waals surface area contributed by atoms with Crippen LogP contribution in [0.25, 0.3) is 0 Å². The average molecular weight is 472 g/mol. The van der Waals surface area contributed by atoms with E-state index in [1.165, 1.54) is 29.8 Å². The second kappa shape index (κ2) is 9.71. The van der Waals surface area contributed by atoms with E-state index in [0.717, 1.165) is 24.2 Å². The molecule has 12 heteroatoms. The Bertz CT molecular complexity index is 1070. The molecule has 0 atom stereocenters. The van der Waals surface area contributed by atoms with Crippen molar-refractivity contribution in [2.45, 2.75) is 6.42 Å². The monoisotopic (exact) mass is 471 g/mol. The summed E-state index contributed by atoms with van der Waals surface area (Å²) in [6.45, 7) is 4.10. The summed E-state index contributed by atoms with van der Waals surface area (Å²) in [5, 5.41) is 11.0. The van der Waals surface area contributed by atoms with Crippen molar-refractivity contribution in [1.82, 2.24) is 14.0 Å². The van der Waals surface area contributed by atoms with E-state index in [-0.39, 0.29) is 32.7 Å². The van der Waals surface area contributed by atoms with Crippen LogP contribution in [0.4, 0.5) is 11.5 Å². The van der Waals surface area contributed by atoms with Gasteiger partial charge >= 0.3 is 5.69 Å². The number of halogens is 2. The smallest absolute Gasteiger partial charge is 0.332 e. The predicted octanol–water partition coefficient (Wildman–Crippen LogP) is 1.89. The minimum atomic E-state index is -0.563. The maximum absolute atomic E-state index is 12.1. The molecule has 1 aromatic carbocycles. The maximum atomic E-state index is 12.1. The van der Waals surface area contributed by atoms with Gasteiger partial charge in [-0.05, 0) is 6.42 Å². The SMILES string of the molecule is Cn1c(N2CCN(CCCOc3c(Cl)cc([N+](=O)[O-])cc3Cl)CC2)cc(=O)n(C)c1=O. The Morgan fingerprint density at radius 1 is 1.03 bits per heavy atom. The number of non-ortho nitro benzene ring substituents is 1. The molecule has 0 aliphatic carbocycles. The van der Waals surface area contributed by atoms with E-state index in [4.69, 9.17) is 27.9 Å². The molecule has 3 rings (SSSR count). The van der Waals surface area contributed by atoms with Crippen LogP contribution < -0.4 is 20.9 Å². The zero-order valence-corrected chi connectivity index (χ0v) is 18.7. The third-order valence-corrected chi connectivity index (χ3v) is 5.82. The van der Waals surface area contributed by atoms with Gasteiger partial charge in [-0.25, -0.2) is 4.79 Å². The van der Waals surface area contributed by atoms with E-state index in [1.54, 1.807) is 7.05 Å². The third-order valence-electron chi connectivity index (χ3n) is 5.26. The van der Waals surface area contributed by atoms with Gasteiger partial charge in [0.05, 0.1) is 21.6 Å². The minimum Gasteiger partial charge on any atom is -0.490 e. The van der Waals surface area contributed by atoms with Crippen LogP contribution in [-0.2, 0) is 14.1 Å². The van der Waals surface area contributed by atoms with Crippen LogP contribution in [0.1, 0.15) is 6.42 Å². The molecule has 1 saturated heterocycles. The highest BCUT2D eigenvalue weighted by Crippen LogP contribution is 2.36. The number of piperazine rings is 1. The van der Waals surface area contributed by atoms with Crippen LogP contribution in [0.3, 0.4) is 0 Å². The quantitative estimate of drug-likeness (QED) is 0.345. The Hall–Kier alpha value is -2.56. The van der Waals surface area contributed by atoms with Crippen molar-refractivity contribution in [3.05, 3.63) is 59.2 Å². The summed E-state index contributed by atoms with van der Waals surface area (Å²) in [5.74, 6) is 0.865. The molecule has 0 N–H and O–H groups in total. The van der Waals surface area contributed by atoms with Crippen LogP contribution in [-0.4, -0.2) is 58.3 Å². The molecule has 0 saturated carbocycles. The maximum Gasteiger partial charge on any atom is 0.332 e. The average Bonchev–Trinajstić information content (AvgIpc) is 2.74. The van der Waals surface area contributed by atoms with Crippen molar-refractivity contribution in [3.63, 3.8) is 0 Å². The second-order valence-corrected chi connectivity index (χ2v) is 8.08. The molecule has 0 spiro atoms. The fourth-order valence-corrected chi connectivity index (χ4v) is 4.06. The molecule has 0 bridgehead atoms. The number of aromatic nitrogens is 2. The zero-order valence-electron chi connectivity index (χ0n) is 17.2. The van der Waals surface area contributed by atoms with Crippen molar-refractivity contribution >= 4 is 34.7 Å². The molecule has 1 fully saturated rings. The van der Waals surface area contributed by atoms with Crippen LogP contribution in [0.15, 0.2) is 27.8 Å². The van der Waals surface area contributed by atoms with Gasteiger partial charge in [-0.2, -0.15) is 0 Å². The molecule has 0 unspecified atom stereocenters. The highest BCUT2D eigenvalue weighted by molar-refractivity contribution is 6.37. The first-order valence-corrected chi connectivity index (χ1v) is 10.4. The largest absolute Gasteiger partial charge is 0.490 e. The van der Waals surface area contributed by atoms with E-state index in [2.05, 4.69) is 4.90 Å². The zero-order chi connectivity index (χ0) is 22.7. The van der Waals surface area contributed by atoms with Crippen molar-refractivity contribution in [2.75, 3.05) is 44.2 Å². The normalized spacial score (nSPS) is 14.6. The summed E-state index contributed by atoms with van der Waals surface area (Å²) in [6.07, 6.45) is 0.716. The van der Waals surface area contributed by atoms with Crippen molar-refractivity contribution in [2.24, 2.45) is 14.1 Å². The van der Waals surface area contributed by atoms with Crippen molar-refractivity contribution in [1.29, 1.82) is 0 Å². The van der Waals surface area contributed by atoms with Gasteiger partial charge in [-0.1, -0.05) is 23.2 Å². The summed E-state index contributed by atoms with van der Waals surface area (Å²) >= 11 is 12.1. The second-order valence-electron chi connectivity index (χ2n) is 7.27. The fourth-order valence-electron chi connectivity index (χ4n) is 3.48. The van der Waals surface area contributed by atoms with Gasteiger partial charge < -0.3 is 9.64 Å². The van der Waals surface area contributed by atoms with Gasteiger partial charge in [-0.15, -0.1) is 0 Å². The number of hydrogen-bond acceptors (Lipinski definition) is 7. The molecular weight excluding hydrogens is 449 g/mol. The number of anilines is 1. The number of ether oxygens (including phenoxy) is 1. The molecule has 1 aromatic heterocycles. The number of hydrogen-bond donors (Lipinski definition) is 0. The number of rotatable bonds is 7. The lowest BCUT2D eigenvalue weighted by Gasteiger charge is -2.36. The van der Waals surface area contributed by atoms with Gasteiger partial charge in [0.15, 0.2) is 5.75 Å². The van der Waals surface area contributed by atoms with Crippen LogP contribution >= 0.6 is 23.2 Å². The molecular formula is C19H23Cl2N5O5. The Balaban J connectivity index is 1.49. The molecule has 2 aromatic rings. The third kappa shape index (κ3) is 5.20. The Labute approximate surface area is 188 Å². The highest BCUT2D eigenvalue weighted by atomic mass is 35.5. The van der Waals surface area contributed by atoms with E-state index in [9.17, 15) is 19.7 Å². The molecule has 1 aliphatic heterocycles. The standard InChI is InChI=1S/C19H23Cl2N5O5/c1-22-16(12-17(27)23(2)19(22)28)25-7-5-24(6-8-25)4-3-9-31-18-14(20)10-13(26(29)30)11-15(18)21/h10-12H,3-9H2,1-2H3. The van der Waals surface area contributed by atoms with Gasteiger partial charge in [0.1, 0.15) is 5.82 Å². The number of nitro groups is 1. The summed E-state index contributed by atoms with van der Waals surface area (Å²) in [6, 6.07) is 3.92. The molecule has 0 radical (unpaired) electrons. The summed E-state index contributed by atoms with van der Waals surface area (Å²) in [4.78, 5) is 38.7. The lowest BCUT2D eigenvalue weighted by atomic mass is 10.3. The van der Waals surface area contributed by atoms with Gasteiger partial charge in [0, 0.05) is 65.0 Å². The topological polar surface area (TPSA) is 103 Å². The van der Waals surface area contributed by atoms with Gasteiger partial charge in [0.2, 0.25) is 0 Å². The van der Waals surface area contributed by atoms with Crippen LogP contribution in [0.2, 0.25) is 10.0 Å². The molecule has 168 valence electrons. The van der Waals surface area contributed by atoms with Gasteiger partial charge in [-0.3, -0.25) is 28.9 Å². The highest BCUT2D eigenvalue weighted by Gasteiger charge is 2.20. The minimum absolute atomic E-state index is 0.104. The molecule has 1 aliphatic rings. The fraction of sp³-hybridized carbons (Fsp3) is 0.474. The van der Waals surface area contributed by atoms with Crippen LogP contribution in [0.5, 0.6) is 5.75 Å². The number of nitrogens with zero attached hydrogens (tertiary/aromatic N) is 5.